The third-order valence-corrected chi connectivity index (χ3v) is 5.26. The van der Waals surface area contributed by atoms with Gasteiger partial charge in [0.2, 0.25) is 0 Å². The third-order valence-electron chi connectivity index (χ3n) is 5.26. The summed E-state index contributed by atoms with van der Waals surface area (Å²) in [6.45, 7) is 8.35. The van der Waals surface area contributed by atoms with E-state index in [1.54, 1.807) is 12.1 Å². The van der Waals surface area contributed by atoms with Crippen LogP contribution < -0.4 is 4.90 Å². The van der Waals surface area contributed by atoms with E-state index in [1.165, 1.54) is 19.1 Å². The van der Waals surface area contributed by atoms with Gasteiger partial charge in [-0.3, -0.25) is 14.4 Å². The zero-order valence-electron chi connectivity index (χ0n) is 17.7. The normalized spacial score (nSPS) is 25.9. The molecule has 4 atom stereocenters. The Morgan fingerprint density at radius 2 is 1.67 bits per heavy atom. The van der Waals surface area contributed by atoms with Crippen LogP contribution in [0.2, 0.25) is 0 Å². The first kappa shape index (κ1) is 23.3. The second-order valence-electron chi connectivity index (χ2n) is 7.80. The minimum absolute atomic E-state index is 0.0444. The molecule has 1 aliphatic rings. The van der Waals surface area contributed by atoms with E-state index in [0.717, 1.165) is 5.69 Å². The van der Waals surface area contributed by atoms with Gasteiger partial charge in [0, 0.05) is 32.1 Å². The van der Waals surface area contributed by atoms with Crippen LogP contribution in [-0.2, 0) is 23.9 Å². The van der Waals surface area contributed by atoms with Crippen LogP contribution in [0.15, 0.2) is 49.6 Å². The summed E-state index contributed by atoms with van der Waals surface area (Å²) in [6, 6.07) is 7.13. The van der Waals surface area contributed by atoms with Gasteiger partial charge in [-0.05, 0) is 24.6 Å². The summed E-state index contributed by atoms with van der Waals surface area (Å²) in [5, 5.41) is 11.0. The molecule has 2 rings (SSSR count). The third kappa shape index (κ3) is 4.97. The van der Waals surface area contributed by atoms with E-state index in [1.807, 2.05) is 31.1 Å². The molecular weight excluding hydrogens is 386 g/mol. The van der Waals surface area contributed by atoms with Crippen molar-refractivity contribution in [2.24, 2.45) is 11.8 Å². The van der Waals surface area contributed by atoms with Crippen LogP contribution >= 0.6 is 0 Å². The summed E-state index contributed by atoms with van der Waals surface area (Å²) >= 11 is 0. The van der Waals surface area contributed by atoms with E-state index in [2.05, 4.69) is 13.2 Å². The van der Waals surface area contributed by atoms with E-state index in [4.69, 9.17) is 9.47 Å². The molecule has 0 heterocycles. The smallest absolute Gasteiger partial charge is 0.317 e. The number of rotatable bonds is 8. The quantitative estimate of drug-likeness (QED) is 0.395. The molecule has 0 bridgehead atoms. The number of carbonyl (C=O) groups excluding carboxylic acids is 3. The molecule has 1 fully saturated rings. The topological polar surface area (TPSA) is 93.1 Å². The van der Waals surface area contributed by atoms with E-state index < -0.39 is 41.1 Å². The maximum atomic E-state index is 12.9. The number of anilines is 1. The zero-order valence-corrected chi connectivity index (χ0v) is 17.7. The van der Waals surface area contributed by atoms with Crippen LogP contribution in [0.4, 0.5) is 5.69 Å². The SMILES string of the molecule is C=CCOC(=O)[C@@H]1C(=O)C[C@](C)(O)[C@H](C(=O)OCC=C)[C@H]1c1ccc(N(C)C)cc1. The van der Waals surface area contributed by atoms with Gasteiger partial charge in [0.05, 0.1) is 11.5 Å². The molecule has 1 saturated carbocycles. The second kappa shape index (κ2) is 9.71. The molecule has 0 aromatic heterocycles. The van der Waals surface area contributed by atoms with Crippen molar-refractivity contribution in [1.29, 1.82) is 0 Å². The fraction of sp³-hybridized carbons (Fsp3) is 0.435. The highest BCUT2D eigenvalue weighted by Gasteiger charge is 2.57. The van der Waals surface area contributed by atoms with Crippen molar-refractivity contribution in [3.8, 4) is 0 Å². The van der Waals surface area contributed by atoms with Gasteiger partial charge in [-0.2, -0.15) is 0 Å². The molecule has 30 heavy (non-hydrogen) atoms. The first-order valence-electron chi connectivity index (χ1n) is 9.71. The molecule has 1 aliphatic carbocycles. The molecular formula is C23H29NO6. The Morgan fingerprint density at radius 3 is 2.17 bits per heavy atom. The summed E-state index contributed by atoms with van der Waals surface area (Å²) in [6.07, 6.45) is 2.45. The molecule has 7 heteroatoms. The molecule has 1 N–H and O–H groups in total. The lowest BCUT2D eigenvalue weighted by atomic mass is 9.61. The molecule has 0 amide bonds. The van der Waals surface area contributed by atoms with Crippen LogP contribution in [0, 0.1) is 11.8 Å². The van der Waals surface area contributed by atoms with Gasteiger partial charge in [0.25, 0.3) is 0 Å². The Hall–Kier alpha value is -2.93. The van der Waals surface area contributed by atoms with Crippen molar-refractivity contribution >= 4 is 23.4 Å². The monoisotopic (exact) mass is 415 g/mol. The van der Waals surface area contributed by atoms with Crippen molar-refractivity contribution in [3.05, 3.63) is 55.1 Å². The molecule has 0 spiro atoms. The summed E-state index contributed by atoms with van der Waals surface area (Å²) in [4.78, 5) is 40.5. The van der Waals surface area contributed by atoms with Crippen molar-refractivity contribution < 1.29 is 29.0 Å². The van der Waals surface area contributed by atoms with Gasteiger partial charge in [0.1, 0.15) is 19.1 Å². The molecule has 0 saturated heterocycles. The number of nitrogens with zero attached hydrogens (tertiary/aromatic N) is 1. The van der Waals surface area contributed by atoms with Crippen molar-refractivity contribution in [3.63, 3.8) is 0 Å². The highest BCUT2D eigenvalue weighted by Crippen LogP contribution is 2.47. The Bertz CT molecular complexity index is 811. The van der Waals surface area contributed by atoms with Gasteiger partial charge >= 0.3 is 11.9 Å². The van der Waals surface area contributed by atoms with Gasteiger partial charge < -0.3 is 19.5 Å². The predicted octanol–water partition coefficient (Wildman–Crippen LogP) is 2.25. The van der Waals surface area contributed by atoms with Crippen LogP contribution in [0.25, 0.3) is 0 Å². The van der Waals surface area contributed by atoms with Crippen molar-refractivity contribution in [2.45, 2.75) is 24.9 Å². The number of ether oxygens (including phenoxy) is 2. The largest absolute Gasteiger partial charge is 0.461 e. The maximum absolute atomic E-state index is 12.9. The highest BCUT2D eigenvalue weighted by molar-refractivity contribution is 6.02. The van der Waals surface area contributed by atoms with Gasteiger partial charge in [-0.1, -0.05) is 37.4 Å². The summed E-state index contributed by atoms with van der Waals surface area (Å²) in [7, 11) is 3.77. The number of esters is 2. The van der Waals surface area contributed by atoms with E-state index in [0.29, 0.717) is 5.56 Å². The number of ketones is 1. The van der Waals surface area contributed by atoms with Crippen LogP contribution in [0.1, 0.15) is 24.8 Å². The molecule has 0 unspecified atom stereocenters. The number of hydrogen-bond donors (Lipinski definition) is 1. The van der Waals surface area contributed by atoms with Crippen molar-refractivity contribution in [2.75, 3.05) is 32.2 Å². The predicted molar refractivity (Wildman–Crippen MR) is 113 cm³/mol. The van der Waals surface area contributed by atoms with Crippen molar-refractivity contribution in [1.82, 2.24) is 0 Å². The van der Waals surface area contributed by atoms with Crippen LogP contribution in [-0.4, -0.2) is 55.7 Å². The minimum atomic E-state index is -1.69. The van der Waals surface area contributed by atoms with Crippen LogP contribution in [0.5, 0.6) is 0 Å². The number of aliphatic hydroxyl groups is 1. The fourth-order valence-corrected chi connectivity index (χ4v) is 3.87. The van der Waals surface area contributed by atoms with Gasteiger partial charge in [-0.25, -0.2) is 0 Å². The number of Topliss-reactive ketones (excluding diaryl/α,β-unsaturated/α-hetero) is 1. The van der Waals surface area contributed by atoms with Crippen LogP contribution in [0.3, 0.4) is 0 Å². The van der Waals surface area contributed by atoms with E-state index in [9.17, 15) is 19.5 Å². The van der Waals surface area contributed by atoms with E-state index >= 15 is 0 Å². The molecule has 1 aromatic rings. The summed E-state index contributed by atoms with van der Waals surface area (Å²) in [5.74, 6) is -5.25. The standard InChI is InChI=1S/C23H29NO6/c1-6-12-29-21(26)19-17(25)14-23(3,28)20(22(27)30-13-7-2)18(19)15-8-10-16(11-9-15)24(4)5/h6-11,18-20,28H,1-2,12-14H2,3-5H3/t18-,19+,20-,23-/m0/s1. The number of benzene rings is 1. The highest BCUT2D eigenvalue weighted by atomic mass is 16.5. The van der Waals surface area contributed by atoms with Gasteiger partial charge in [-0.15, -0.1) is 0 Å². The lowest BCUT2D eigenvalue weighted by molar-refractivity contribution is -0.171. The Morgan fingerprint density at radius 1 is 1.13 bits per heavy atom. The number of hydrogen-bond acceptors (Lipinski definition) is 7. The average molecular weight is 415 g/mol. The second-order valence-corrected chi connectivity index (χ2v) is 7.80. The molecule has 7 nitrogen and oxygen atoms in total. The lowest BCUT2D eigenvalue weighted by Crippen LogP contribution is -2.55. The molecule has 162 valence electrons. The first-order chi connectivity index (χ1) is 14.1. The van der Waals surface area contributed by atoms with Gasteiger partial charge in [0.15, 0.2) is 5.78 Å². The Kier molecular flexibility index (Phi) is 7.56. The van der Waals surface area contributed by atoms with E-state index in [-0.39, 0.29) is 19.6 Å². The maximum Gasteiger partial charge on any atom is 0.317 e. The summed E-state index contributed by atoms with van der Waals surface area (Å²) < 4.78 is 10.4. The Labute approximate surface area is 177 Å². The molecule has 1 aromatic carbocycles. The molecule has 0 aliphatic heterocycles. The number of carbonyl (C=O) groups is 3. The molecule has 0 radical (unpaired) electrons. The lowest BCUT2D eigenvalue weighted by Gasteiger charge is -2.43. The zero-order chi connectivity index (χ0) is 22.5. The summed E-state index contributed by atoms with van der Waals surface area (Å²) in [5.41, 5.74) is -0.214. The minimum Gasteiger partial charge on any atom is -0.461 e. The Balaban J connectivity index is 2.57. The average Bonchev–Trinajstić information content (AvgIpc) is 2.69. The fourth-order valence-electron chi connectivity index (χ4n) is 3.87. The first-order valence-corrected chi connectivity index (χ1v) is 9.71.